The molecule has 27 heavy (non-hydrogen) atoms. The van der Waals surface area contributed by atoms with Gasteiger partial charge in [0.15, 0.2) is 0 Å². The van der Waals surface area contributed by atoms with Crippen LogP contribution in [0, 0.1) is 10.8 Å². The first-order chi connectivity index (χ1) is 12.4. The molecule has 0 bridgehead atoms. The summed E-state index contributed by atoms with van der Waals surface area (Å²) in [7, 11) is 0. The Morgan fingerprint density at radius 3 is 2.26 bits per heavy atom. The number of nitrogens with one attached hydrogen (secondary N) is 1. The molecule has 0 aliphatic carbocycles. The Morgan fingerprint density at radius 1 is 1.11 bits per heavy atom. The maximum atomic E-state index is 12.6. The molecule has 0 radical (unpaired) electrons. The van der Waals surface area contributed by atoms with Crippen LogP contribution in [0.4, 0.5) is 5.69 Å². The minimum absolute atomic E-state index is 0.0541. The second-order valence-corrected chi connectivity index (χ2v) is 9.19. The van der Waals surface area contributed by atoms with Crippen LogP contribution in [-0.4, -0.2) is 34.0 Å². The number of carbonyl (C=O) groups is 3. The molecular weight excluding hydrogens is 408 g/mol. The summed E-state index contributed by atoms with van der Waals surface area (Å²) in [4.78, 5) is 39.0. The van der Waals surface area contributed by atoms with Gasteiger partial charge in [0.1, 0.15) is 0 Å². The lowest BCUT2D eigenvalue weighted by atomic mass is 9.67. The van der Waals surface area contributed by atoms with Gasteiger partial charge in [0, 0.05) is 23.5 Å². The Labute approximate surface area is 170 Å². The first-order valence-corrected chi connectivity index (χ1v) is 10.4. The highest BCUT2D eigenvalue weighted by Crippen LogP contribution is 2.42. The third-order valence-corrected chi connectivity index (χ3v) is 7.40. The summed E-state index contributed by atoms with van der Waals surface area (Å²) in [5.41, 5.74) is 1.04. The van der Waals surface area contributed by atoms with Crippen molar-refractivity contribution in [2.45, 2.75) is 60.4 Å². The maximum Gasteiger partial charge on any atom is 0.261 e. The van der Waals surface area contributed by atoms with Crippen molar-refractivity contribution >= 4 is 39.3 Å². The van der Waals surface area contributed by atoms with E-state index in [0.29, 0.717) is 29.7 Å². The summed E-state index contributed by atoms with van der Waals surface area (Å²) in [6.07, 6.45) is 1.06. The van der Waals surface area contributed by atoms with Gasteiger partial charge in [0.05, 0.1) is 11.1 Å². The number of rotatable bonds is 7. The van der Waals surface area contributed by atoms with E-state index in [0.717, 1.165) is 5.33 Å². The zero-order chi connectivity index (χ0) is 20.6. The normalized spacial score (nSPS) is 15.7. The monoisotopic (exact) mass is 436 g/mol. The lowest BCUT2D eigenvalue weighted by Gasteiger charge is -2.40. The van der Waals surface area contributed by atoms with Crippen molar-refractivity contribution in [3.8, 4) is 0 Å². The smallest absolute Gasteiger partial charge is 0.261 e. The summed E-state index contributed by atoms with van der Waals surface area (Å²) in [6, 6.07) is 4.77. The highest BCUT2D eigenvalue weighted by atomic mass is 79.9. The second kappa shape index (κ2) is 7.74. The Morgan fingerprint density at radius 2 is 1.70 bits per heavy atom. The number of benzene rings is 1. The number of nitrogens with zero attached hydrogens (tertiary/aromatic N) is 1. The number of imide groups is 1. The minimum Gasteiger partial charge on any atom is -0.326 e. The van der Waals surface area contributed by atoms with E-state index >= 15 is 0 Å². The molecule has 1 heterocycles. The topological polar surface area (TPSA) is 66.5 Å². The van der Waals surface area contributed by atoms with E-state index < -0.39 is 0 Å². The number of halogens is 1. The van der Waals surface area contributed by atoms with Gasteiger partial charge in [-0.3, -0.25) is 19.3 Å². The lowest BCUT2D eigenvalue weighted by Crippen LogP contribution is -2.37. The van der Waals surface area contributed by atoms with Gasteiger partial charge in [-0.15, -0.1) is 0 Å². The third-order valence-electron chi connectivity index (χ3n) is 6.00. The number of fused-ring (bicyclic) bond motifs is 1. The Bertz CT molecular complexity index is 771. The van der Waals surface area contributed by atoms with Crippen LogP contribution >= 0.6 is 15.9 Å². The van der Waals surface area contributed by atoms with E-state index in [4.69, 9.17) is 0 Å². The lowest BCUT2D eigenvalue weighted by molar-refractivity contribution is -0.119. The zero-order valence-electron chi connectivity index (χ0n) is 17.0. The Balaban J connectivity index is 2.18. The van der Waals surface area contributed by atoms with E-state index in [1.54, 1.807) is 18.2 Å². The predicted molar refractivity (Wildman–Crippen MR) is 111 cm³/mol. The number of carbonyl (C=O) groups excluding carboxylic acids is 3. The van der Waals surface area contributed by atoms with Crippen LogP contribution in [0.2, 0.25) is 0 Å². The van der Waals surface area contributed by atoms with Crippen LogP contribution in [0.25, 0.3) is 0 Å². The zero-order valence-corrected chi connectivity index (χ0v) is 18.6. The molecule has 0 spiro atoms. The number of hydrogen-bond acceptors (Lipinski definition) is 3. The van der Waals surface area contributed by atoms with Crippen LogP contribution in [0.1, 0.15) is 75.1 Å². The average molecular weight is 437 g/mol. The fourth-order valence-corrected chi connectivity index (χ4v) is 3.71. The summed E-state index contributed by atoms with van der Waals surface area (Å²) in [5.74, 6) is -0.659. The SMILES string of the molecule is CCC(C)N1C(=O)c2ccc(NC(=O)CC(C)(C)C(C)(C)CBr)cc2C1=O. The van der Waals surface area contributed by atoms with Gasteiger partial charge in [-0.05, 0) is 42.4 Å². The number of hydrogen-bond donors (Lipinski definition) is 1. The van der Waals surface area contributed by atoms with Crippen molar-refractivity contribution in [1.82, 2.24) is 4.90 Å². The largest absolute Gasteiger partial charge is 0.326 e. The van der Waals surface area contributed by atoms with Gasteiger partial charge >= 0.3 is 0 Å². The first-order valence-electron chi connectivity index (χ1n) is 9.33. The summed E-state index contributed by atoms with van der Waals surface area (Å²) >= 11 is 3.53. The molecule has 1 unspecified atom stereocenters. The van der Waals surface area contributed by atoms with Gasteiger partial charge in [-0.1, -0.05) is 50.5 Å². The van der Waals surface area contributed by atoms with Gasteiger partial charge < -0.3 is 5.32 Å². The first kappa shape index (κ1) is 21.6. The van der Waals surface area contributed by atoms with E-state index in [2.05, 4.69) is 48.9 Å². The number of amides is 3. The predicted octanol–water partition coefficient (Wildman–Crippen LogP) is 4.86. The van der Waals surface area contributed by atoms with E-state index in [-0.39, 0.29) is 34.6 Å². The highest BCUT2D eigenvalue weighted by molar-refractivity contribution is 9.09. The highest BCUT2D eigenvalue weighted by Gasteiger charge is 2.39. The molecule has 5 nitrogen and oxygen atoms in total. The molecule has 1 N–H and O–H groups in total. The molecule has 2 rings (SSSR count). The molecule has 0 fully saturated rings. The van der Waals surface area contributed by atoms with Crippen LogP contribution in [0.15, 0.2) is 18.2 Å². The minimum atomic E-state index is -0.291. The average Bonchev–Trinajstić information content (AvgIpc) is 2.84. The molecule has 1 aromatic rings. The number of anilines is 1. The van der Waals surface area contributed by atoms with Gasteiger partial charge in [0.25, 0.3) is 11.8 Å². The fourth-order valence-electron chi connectivity index (χ4n) is 2.95. The maximum absolute atomic E-state index is 12.6. The molecule has 0 saturated carbocycles. The van der Waals surface area contributed by atoms with Gasteiger partial charge in [-0.25, -0.2) is 0 Å². The summed E-state index contributed by atoms with van der Waals surface area (Å²) in [5, 5.41) is 3.67. The van der Waals surface area contributed by atoms with Crippen LogP contribution in [0.5, 0.6) is 0 Å². The van der Waals surface area contributed by atoms with Crippen molar-refractivity contribution < 1.29 is 14.4 Å². The quantitative estimate of drug-likeness (QED) is 0.490. The molecule has 0 saturated heterocycles. The molecule has 148 valence electrons. The van der Waals surface area contributed by atoms with Gasteiger partial charge in [-0.2, -0.15) is 0 Å². The molecule has 1 aliphatic rings. The standard InChI is InChI=1S/C21H29BrN2O3/c1-7-13(2)24-18(26)15-9-8-14(10-16(15)19(24)27)23-17(25)11-20(3,4)21(5,6)12-22/h8-10,13H,7,11-12H2,1-6H3,(H,23,25). The Hall–Kier alpha value is -1.69. The Kier molecular flexibility index (Phi) is 6.19. The van der Waals surface area contributed by atoms with E-state index in [1.165, 1.54) is 4.90 Å². The molecule has 6 heteroatoms. The van der Waals surface area contributed by atoms with E-state index in [9.17, 15) is 14.4 Å². The molecule has 0 aromatic heterocycles. The third kappa shape index (κ3) is 4.10. The van der Waals surface area contributed by atoms with E-state index in [1.807, 2.05) is 13.8 Å². The number of alkyl halides is 1. The molecule has 1 aliphatic heterocycles. The van der Waals surface area contributed by atoms with Gasteiger partial charge in [0.2, 0.25) is 5.91 Å². The summed E-state index contributed by atoms with van der Waals surface area (Å²) in [6.45, 7) is 12.2. The van der Waals surface area contributed by atoms with Crippen molar-refractivity contribution in [1.29, 1.82) is 0 Å². The molecule has 1 aromatic carbocycles. The fraction of sp³-hybridized carbons (Fsp3) is 0.571. The van der Waals surface area contributed by atoms with Crippen molar-refractivity contribution in [3.05, 3.63) is 29.3 Å². The second-order valence-electron chi connectivity index (χ2n) is 8.62. The van der Waals surface area contributed by atoms with Crippen molar-refractivity contribution in [3.63, 3.8) is 0 Å². The molecular formula is C21H29BrN2O3. The van der Waals surface area contributed by atoms with Crippen LogP contribution < -0.4 is 5.32 Å². The van der Waals surface area contributed by atoms with Crippen LogP contribution in [0.3, 0.4) is 0 Å². The molecule has 3 amide bonds. The van der Waals surface area contributed by atoms with Crippen LogP contribution in [-0.2, 0) is 4.79 Å². The molecule has 1 atom stereocenters. The van der Waals surface area contributed by atoms with Crippen molar-refractivity contribution in [2.75, 3.05) is 10.6 Å². The summed E-state index contributed by atoms with van der Waals surface area (Å²) < 4.78 is 0. The van der Waals surface area contributed by atoms with Crippen molar-refractivity contribution in [2.24, 2.45) is 10.8 Å².